The number of hydrogen-bond donors (Lipinski definition) is 2. The van der Waals surface area contributed by atoms with E-state index >= 15 is 0 Å². The second-order valence-electron chi connectivity index (χ2n) is 13.8. The van der Waals surface area contributed by atoms with Crippen molar-refractivity contribution in [2.75, 3.05) is 11.9 Å². The highest BCUT2D eigenvalue weighted by Gasteiger charge is 2.55. The van der Waals surface area contributed by atoms with Crippen LogP contribution in [0.5, 0.6) is 0 Å². The molecule has 2 N–H and O–H groups in total. The van der Waals surface area contributed by atoms with Gasteiger partial charge in [0.25, 0.3) is 23.6 Å². The first kappa shape index (κ1) is 38.1. The number of benzene rings is 4. The molecule has 2 aliphatic rings. The summed E-state index contributed by atoms with van der Waals surface area (Å²) in [6, 6.07) is 11.4. The summed E-state index contributed by atoms with van der Waals surface area (Å²) in [5.74, 6) is -4.11. The van der Waals surface area contributed by atoms with Gasteiger partial charge in [0.15, 0.2) is 17.0 Å². The van der Waals surface area contributed by atoms with Crippen molar-refractivity contribution < 1.29 is 60.5 Å². The molecule has 4 aromatic carbocycles. The molecule has 0 saturated heterocycles. The molecule has 0 radical (unpaired) electrons. The highest BCUT2D eigenvalue weighted by Crippen LogP contribution is 2.48. The van der Waals surface area contributed by atoms with Gasteiger partial charge in [-0.2, -0.15) is 26.3 Å². The molecule has 4 amide bonds. The number of fused-ring (bicyclic) bond motifs is 2. The third kappa shape index (κ3) is 5.60. The number of ketones is 1. The molecular formula is C39H30F6N2O7. The molecule has 6 rings (SSSR count). The Labute approximate surface area is 303 Å². The predicted molar refractivity (Wildman–Crippen MR) is 181 cm³/mol. The second-order valence-corrected chi connectivity index (χ2v) is 13.8. The van der Waals surface area contributed by atoms with Crippen LogP contribution >= 0.6 is 0 Å². The number of aryl methyl sites for hydroxylation is 3. The molecule has 0 fully saturated rings. The summed E-state index contributed by atoms with van der Waals surface area (Å²) >= 11 is 0. The Balaban J connectivity index is 1.47. The van der Waals surface area contributed by atoms with Crippen LogP contribution in [0.4, 0.5) is 32.0 Å². The molecule has 0 aromatic heterocycles. The first-order valence-corrected chi connectivity index (χ1v) is 16.2. The predicted octanol–water partition coefficient (Wildman–Crippen LogP) is 7.08. The standard InChI is InChI=1S/C39H30F6N2O7/c1-17-11-19(3)28(36(4,53)38(40,41)42)15-24(17)25-16-29(37(5,54)39(43,44)45)30(12-18(25)2)47-34(51)23-10-8-21(14-27(23)35(47)52)31(48)20-7-9-22-26(13-20)33(50)46(6)32(22)49/h7-16,53-54H,1-6H3. The smallest absolute Gasteiger partial charge is 0.376 e. The number of alkyl halides is 6. The maximum atomic E-state index is 14.5. The number of imide groups is 2. The van der Waals surface area contributed by atoms with Crippen molar-refractivity contribution >= 4 is 35.1 Å². The molecule has 2 aliphatic heterocycles. The van der Waals surface area contributed by atoms with Crippen LogP contribution in [0.25, 0.3) is 11.1 Å². The Morgan fingerprint density at radius 2 is 0.944 bits per heavy atom. The quantitative estimate of drug-likeness (QED) is 0.122. The van der Waals surface area contributed by atoms with E-state index in [1.807, 2.05) is 0 Å². The number of anilines is 1. The van der Waals surface area contributed by atoms with Gasteiger partial charge in [0.2, 0.25) is 0 Å². The third-order valence-corrected chi connectivity index (χ3v) is 10.1. The summed E-state index contributed by atoms with van der Waals surface area (Å²) in [6.45, 7) is 5.14. The van der Waals surface area contributed by atoms with E-state index in [0.29, 0.717) is 24.3 Å². The van der Waals surface area contributed by atoms with Gasteiger partial charge in [-0.3, -0.25) is 28.9 Å². The molecule has 15 heteroatoms. The summed E-state index contributed by atoms with van der Waals surface area (Å²) in [7, 11) is 1.28. The summed E-state index contributed by atoms with van der Waals surface area (Å²) < 4.78 is 85.3. The van der Waals surface area contributed by atoms with E-state index in [9.17, 15) is 60.5 Å². The average molecular weight is 753 g/mol. The van der Waals surface area contributed by atoms with Gasteiger partial charge in [0.05, 0.1) is 27.9 Å². The van der Waals surface area contributed by atoms with Crippen molar-refractivity contribution in [1.29, 1.82) is 0 Å². The zero-order valence-electron chi connectivity index (χ0n) is 29.4. The van der Waals surface area contributed by atoms with Gasteiger partial charge < -0.3 is 10.2 Å². The van der Waals surface area contributed by atoms with Crippen LogP contribution in [0.15, 0.2) is 60.7 Å². The van der Waals surface area contributed by atoms with Crippen molar-refractivity contribution in [3.8, 4) is 11.1 Å². The van der Waals surface area contributed by atoms with E-state index in [1.165, 1.54) is 58.2 Å². The number of rotatable bonds is 6. The van der Waals surface area contributed by atoms with Crippen LogP contribution in [0.3, 0.4) is 0 Å². The number of amides is 4. The first-order chi connectivity index (χ1) is 24.8. The third-order valence-electron chi connectivity index (χ3n) is 10.1. The Bertz CT molecular complexity index is 2380. The fraction of sp³-hybridized carbons (Fsp3) is 0.256. The highest BCUT2D eigenvalue weighted by molar-refractivity contribution is 6.35. The molecule has 2 unspecified atom stereocenters. The number of halogens is 6. The van der Waals surface area contributed by atoms with Gasteiger partial charge in [-0.15, -0.1) is 0 Å². The summed E-state index contributed by atoms with van der Waals surface area (Å²) in [5.41, 5.74) is -9.65. The first-order valence-electron chi connectivity index (χ1n) is 16.2. The Kier molecular flexibility index (Phi) is 8.59. The van der Waals surface area contributed by atoms with E-state index in [2.05, 4.69) is 0 Å². The molecule has 280 valence electrons. The van der Waals surface area contributed by atoms with Gasteiger partial charge in [-0.05, 0) is 110 Å². The Morgan fingerprint density at radius 3 is 1.46 bits per heavy atom. The number of nitrogens with zero attached hydrogens (tertiary/aromatic N) is 2. The van der Waals surface area contributed by atoms with Crippen LogP contribution in [-0.2, 0) is 11.2 Å². The van der Waals surface area contributed by atoms with Crippen molar-refractivity contribution in [2.24, 2.45) is 0 Å². The summed E-state index contributed by atoms with van der Waals surface area (Å²) in [4.78, 5) is 67.3. The Morgan fingerprint density at radius 1 is 0.537 bits per heavy atom. The minimum absolute atomic E-state index is 0.0156. The SMILES string of the molecule is Cc1cc(C)c(C(C)(O)C(F)(F)F)cc1-c1cc(C(C)(O)C(F)(F)F)c(N2C(=O)c3ccc(C(=O)c4ccc5c(c4)C(=O)N(C)C5=O)cc3C2=O)cc1C. The maximum absolute atomic E-state index is 14.5. The molecular weight excluding hydrogens is 722 g/mol. The van der Waals surface area contributed by atoms with E-state index < -0.39 is 69.8 Å². The van der Waals surface area contributed by atoms with E-state index in [-0.39, 0.29) is 55.6 Å². The molecule has 0 bridgehead atoms. The molecule has 9 nitrogen and oxygen atoms in total. The minimum atomic E-state index is -5.39. The van der Waals surface area contributed by atoms with E-state index in [0.717, 1.165) is 35.2 Å². The van der Waals surface area contributed by atoms with Crippen molar-refractivity contribution in [3.05, 3.63) is 122 Å². The number of hydrogen-bond acceptors (Lipinski definition) is 7. The van der Waals surface area contributed by atoms with Gasteiger partial charge in [0, 0.05) is 23.7 Å². The zero-order valence-corrected chi connectivity index (χ0v) is 29.4. The number of carbonyl (C=O) groups excluding carboxylic acids is 5. The lowest BCUT2D eigenvalue weighted by atomic mass is 9.83. The van der Waals surface area contributed by atoms with Gasteiger partial charge >= 0.3 is 12.4 Å². The molecule has 4 aromatic rings. The monoisotopic (exact) mass is 752 g/mol. The van der Waals surface area contributed by atoms with Gasteiger partial charge in [-0.1, -0.05) is 18.2 Å². The lowest BCUT2D eigenvalue weighted by Crippen LogP contribution is -2.42. The highest BCUT2D eigenvalue weighted by atomic mass is 19.4. The van der Waals surface area contributed by atoms with Gasteiger partial charge in [-0.25, -0.2) is 4.90 Å². The fourth-order valence-corrected chi connectivity index (χ4v) is 6.80. The van der Waals surface area contributed by atoms with E-state index in [4.69, 9.17) is 0 Å². The van der Waals surface area contributed by atoms with Crippen LogP contribution < -0.4 is 4.90 Å². The lowest BCUT2D eigenvalue weighted by molar-refractivity contribution is -0.259. The summed E-state index contributed by atoms with van der Waals surface area (Å²) in [5, 5.41) is 21.5. The molecule has 0 spiro atoms. The average Bonchev–Trinajstić information content (AvgIpc) is 3.45. The van der Waals surface area contributed by atoms with Crippen LogP contribution in [0, 0.1) is 20.8 Å². The number of carbonyl (C=O) groups is 5. The summed E-state index contributed by atoms with van der Waals surface area (Å²) in [6.07, 6.45) is -10.5. The molecule has 2 heterocycles. The van der Waals surface area contributed by atoms with Crippen LogP contribution in [-0.4, -0.2) is 63.9 Å². The van der Waals surface area contributed by atoms with E-state index in [1.54, 1.807) is 0 Å². The topological polar surface area (TPSA) is 132 Å². The molecule has 0 saturated carbocycles. The lowest BCUT2D eigenvalue weighted by Gasteiger charge is -2.32. The van der Waals surface area contributed by atoms with Crippen molar-refractivity contribution in [2.45, 2.75) is 58.2 Å². The zero-order chi connectivity index (χ0) is 40.2. The van der Waals surface area contributed by atoms with Crippen molar-refractivity contribution in [1.82, 2.24) is 4.90 Å². The second kappa shape index (κ2) is 12.2. The molecule has 2 atom stereocenters. The maximum Gasteiger partial charge on any atom is 0.421 e. The largest absolute Gasteiger partial charge is 0.421 e. The van der Waals surface area contributed by atoms with Crippen LogP contribution in [0.2, 0.25) is 0 Å². The van der Waals surface area contributed by atoms with Gasteiger partial charge in [0.1, 0.15) is 0 Å². The fourth-order valence-electron chi connectivity index (χ4n) is 6.80. The normalized spacial score (nSPS) is 16.8. The molecule has 0 aliphatic carbocycles. The Hall–Kier alpha value is -5.67. The minimum Gasteiger partial charge on any atom is -0.376 e. The number of aliphatic hydroxyl groups is 2. The van der Waals surface area contributed by atoms with Crippen LogP contribution in [0.1, 0.15) is 99.0 Å². The van der Waals surface area contributed by atoms with Crippen molar-refractivity contribution in [3.63, 3.8) is 0 Å². The molecule has 54 heavy (non-hydrogen) atoms.